The van der Waals surface area contributed by atoms with Crippen LogP contribution in [0, 0.1) is 0 Å². The van der Waals surface area contributed by atoms with E-state index in [0.29, 0.717) is 0 Å². The largest absolute Gasteiger partial charge is 0.296 e. The molecule has 0 saturated heterocycles. The summed E-state index contributed by atoms with van der Waals surface area (Å²) in [5.74, 6) is 0. The molecule has 1 aromatic carbocycles. The van der Waals surface area contributed by atoms with E-state index in [9.17, 15) is 0 Å². The second-order valence-corrected chi connectivity index (χ2v) is 9.26. The average Bonchev–Trinajstić information content (AvgIpc) is 3.56. The van der Waals surface area contributed by atoms with Crippen molar-refractivity contribution in [3.63, 3.8) is 0 Å². The second kappa shape index (κ2) is 9.20. The van der Waals surface area contributed by atoms with Gasteiger partial charge in [-0.1, -0.05) is 29.8 Å². The number of halogens is 1. The van der Waals surface area contributed by atoms with E-state index >= 15 is 0 Å². The molecule has 0 radical (unpaired) electrons. The van der Waals surface area contributed by atoms with Gasteiger partial charge in [0.15, 0.2) is 10.3 Å². The predicted molar refractivity (Wildman–Crippen MR) is 127 cm³/mol. The van der Waals surface area contributed by atoms with Crippen LogP contribution in [0.1, 0.15) is 17.0 Å². The molecular weight excluding hydrogens is 446 g/mol. The smallest absolute Gasteiger partial charge is 0.193 e. The number of hydrogen-bond acceptors (Lipinski definition) is 5. The van der Waals surface area contributed by atoms with Crippen LogP contribution in [0.5, 0.6) is 0 Å². The molecule has 8 heteroatoms. The molecule has 0 amide bonds. The fraction of sp³-hybridized carbons (Fsp3) is 0.130. The first-order chi connectivity index (χ1) is 15.3. The van der Waals surface area contributed by atoms with Crippen molar-refractivity contribution in [3.8, 4) is 10.3 Å². The van der Waals surface area contributed by atoms with Crippen molar-refractivity contribution in [2.45, 2.75) is 19.6 Å². The Morgan fingerprint density at radius 3 is 1.84 bits per heavy atom. The minimum absolute atomic E-state index is 0.742. The topological polar surface area (TPSA) is 38.9 Å². The lowest BCUT2D eigenvalue weighted by Crippen LogP contribution is -2.25. The van der Waals surface area contributed by atoms with Gasteiger partial charge in [-0.05, 0) is 35.9 Å². The third kappa shape index (κ3) is 4.50. The molecule has 4 aromatic heterocycles. The monoisotopic (exact) mass is 465 g/mol. The number of rotatable bonds is 8. The van der Waals surface area contributed by atoms with Gasteiger partial charge in [0.1, 0.15) is 0 Å². The van der Waals surface area contributed by atoms with Gasteiger partial charge in [0.05, 0.1) is 0 Å². The summed E-state index contributed by atoms with van der Waals surface area (Å²) in [4.78, 5) is 11.4. The van der Waals surface area contributed by atoms with Gasteiger partial charge in [0.25, 0.3) is 0 Å². The highest BCUT2D eigenvalue weighted by atomic mass is 35.5. The molecular formula is C23H20ClN5S2. The fourth-order valence-corrected chi connectivity index (χ4v) is 5.14. The molecule has 156 valence electrons. The lowest BCUT2D eigenvalue weighted by molar-refractivity contribution is 0.239. The van der Waals surface area contributed by atoms with E-state index in [0.717, 1.165) is 40.5 Å². The summed E-state index contributed by atoms with van der Waals surface area (Å²) in [6, 6.07) is 16.5. The molecule has 31 heavy (non-hydrogen) atoms. The van der Waals surface area contributed by atoms with Crippen LogP contribution in [0.15, 0.2) is 84.1 Å². The van der Waals surface area contributed by atoms with E-state index < -0.39 is 0 Å². The molecule has 0 bridgehead atoms. The van der Waals surface area contributed by atoms with Gasteiger partial charge in [-0.2, -0.15) is 0 Å². The molecule has 0 saturated carbocycles. The molecule has 5 aromatic rings. The first-order valence-electron chi connectivity index (χ1n) is 9.86. The van der Waals surface area contributed by atoms with Crippen molar-refractivity contribution in [1.29, 1.82) is 0 Å². The highest BCUT2D eigenvalue weighted by Crippen LogP contribution is 2.23. The zero-order chi connectivity index (χ0) is 21.0. The van der Waals surface area contributed by atoms with E-state index in [1.165, 1.54) is 11.4 Å². The summed E-state index contributed by atoms with van der Waals surface area (Å²) in [5, 5.41) is 6.74. The Morgan fingerprint density at radius 2 is 1.32 bits per heavy atom. The molecule has 4 heterocycles. The summed E-state index contributed by atoms with van der Waals surface area (Å²) in [5.41, 5.74) is 3.49. The lowest BCUT2D eigenvalue weighted by atomic mass is 10.2. The van der Waals surface area contributed by atoms with Gasteiger partial charge >= 0.3 is 0 Å². The Balaban J connectivity index is 1.46. The number of benzene rings is 1. The zero-order valence-electron chi connectivity index (χ0n) is 16.6. The molecule has 0 aliphatic rings. The zero-order valence-corrected chi connectivity index (χ0v) is 19.0. The van der Waals surface area contributed by atoms with Crippen LogP contribution in [-0.2, 0) is 19.6 Å². The average molecular weight is 466 g/mol. The Labute approximate surface area is 193 Å². The number of hydrogen-bond donors (Lipinski definition) is 0. The molecule has 0 fully saturated rings. The van der Waals surface area contributed by atoms with Crippen LogP contribution in [0.4, 0.5) is 0 Å². The predicted octanol–water partition coefficient (Wildman–Crippen LogP) is 6.04. The number of thiazole rings is 2. The Hall–Kier alpha value is -2.71. The van der Waals surface area contributed by atoms with Crippen LogP contribution >= 0.6 is 34.3 Å². The first-order valence-corrected chi connectivity index (χ1v) is 12.0. The second-order valence-electron chi connectivity index (χ2n) is 7.10. The minimum atomic E-state index is 0.742. The summed E-state index contributed by atoms with van der Waals surface area (Å²) in [7, 11) is 0. The summed E-state index contributed by atoms with van der Waals surface area (Å²) >= 11 is 9.77. The van der Waals surface area contributed by atoms with Crippen molar-refractivity contribution in [3.05, 3.63) is 106 Å². The van der Waals surface area contributed by atoms with Crippen LogP contribution in [0.3, 0.4) is 0 Å². The van der Waals surface area contributed by atoms with E-state index in [2.05, 4.69) is 66.7 Å². The number of nitrogens with zero attached hydrogens (tertiary/aromatic N) is 5. The van der Waals surface area contributed by atoms with E-state index in [1.807, 2.05) is 41.4 Å². The van der Waals surface area contributed by atoms with Gasteiger partial charge in [0, 0.05) is 71.6 Å². The van der Waals surface area contributed by atoms with Gasteiger partial charge < -0.3 is 0 Å². The molecule has 0 aliphatic heterocycles. The van der Waals surface area contributed by atoms with Crippen LogP contribution in [0.2, 0.25) is 5.02 Å². The maximum atomic E-state index is 6.50. The Kier molecular flexibility index (Phi) is 5.99. The van der Waals surface area contributed by atoms with Crippen molar-refractivity contribution >= 4 is 34.3 Å². The molecule has 0 N–H and O–H groups in total. The van der Waals surface area contributed by atoms with Gasteiger partial charge in [-0.25, -0.2) is 9.97 Å². The van der Waals surface area contributed by atoms with Gasteiger partial charge in [0.2, 0.25) is 0 Å². The normalized spacial score (nSPS) is 11.4. The molecule has 0 unspecified atom stereocenters. The van der Waals surface area contributed by atoms with Crippen molar-refractivity contribution in [2.24, 2.45) is 0 Å². The maximum Gasteiger partial charge on any atom is 0.193 e. The van der Waals surface area contributed by atoms with Crippen molar-refractivity contribution < 1.29 is 0 Å². The SMILES string of the molecule is Clc1ccccc1CN(Cc1cccn1-c1nccs1)Cc1cccn1-c1nccs1. The first kappa shape index (κ1) is 20.2. The van der Waals surface area contributed by atoms with E-state index in [-0.39, 0.29) is 0 Å². The fourth-order valence-electron chi connectivity index (χ4n) is 3.63. The van der Waals surface area contributed by atoms with Crippen LogP contribution < -0.4 is 0 Å². The number of aromatic nitrogens is 4. The molecule has 0 atom stereocenters. The molecule has 5 nitrogen and oxygen atoms in total. The van der Waals surface area contributed by atoms with Crippen molar-refractivity contribution in [1.82, 2.24) is 24.0 Å². The molecule has 5 rings (SSSR count). The van der Waals surface area contributed by atoms with Gasteiger partial charge in [-0.3, -0.25) is 14.0 Å². The Bertz CT molecular complexity index is 1170. The van der Waals surface area contributed by atoms with Crippen molar-refractivity contribution in [2.75, 3.05) is 0 Å². The standard InChI is InChI=1S/C23H20ClN5S2/c24-21-8-2-1-5-18(21)15-27(16-19-6-3-11-28(19)22-25-9-13-30-22)17-20-7-4-12-29(20)23-26-10-14-31-23/h1-14H,15-17H2. The third-order valence-electron chi connectivity index (χ3n) is 5.04. The minimum Gasteiger partial charge on any atom is -0.296 e. The van der Waals surface area contributed by atoms with E-state index in [1.54, 1.807) is 22.7 Å². The highest BCUT2D eigenvalue weighted by Gasteiger charge is 2.16. The molecule has 0 aliphatic carbocycles. The summed E-state index contributed by atoms with van der Waals surface area (Å²) in [6.07, 6.45) is 7.82. The summed E-state index contributed by atoms with van der Waals surface area (Å²) < 4.78 is 4.31. The third-order valence-corrected chi connectivity index (χ3v) is 6.95. The van der Waals surface area contributed by atoms with Gasteiger partial charge in [-0.15, -0.1) is 22.7 Å². The quantitative estimate of drug-likeness (QED) is 0.280. The van der Waals surface area contributed by atoms with E-state index in [4.69, 9.17) is 11.6 Å². The maximum absolute atomic E-state index is 6.50. The highest BCUT2D eigenvalue weighted by molar-refractivity contribution is 7.12. The Morgan fingerprint density at radius 1 is 0.742 bits per heavy atom. The lowest BCUT2D eigenvalue weighted by Gasteiger charge is -2.24. The van der Waals surface area contributed by atoms with Crippen LogP contribution in [-0.4, -0.2) is 24.0 Å². The molecule has 0 spiro atoms. The van der Waals surface area contributed by atoms with Crippen LogP contribution in [0.25, 0.3) is 10.3 Å². The summed E-state index contributed by atoms with van der Waals surface area (Å²) in [6.45, 7) is 2.27.